The molecule has 96 valence electrons. The number of nitrogens with zero attached hydrogens (tertiary/aromatic N) is 3. The van der Waals surface area contributed by atoms with E-state index >= 15 is 0 Å². The van der Waals surface area contributed by atoms with Gasteiger partial charge in [-0.1, -0.05) is 0 Å². The van der Waals surface area contributed by atoms with Crippen molar-refractivity contribution in [2.24, 2.45) is 0 Å². The molecule has 1 aliphatic heterocycles. The average Bonchev–Trinajstić information content (AvgIpc) is 3.22. The van der Waals surface area contributed by atoms with Crippen LogP contribution in [-0.4, -0.2) is 52.9 Å². The molecule has 2 fully saturated rings. The van der Waals surface area contributed by atoms with Gasteiger partial charge >= 0.3 is 0 Å². The summed E-state index contributed by atoms with van der Waals surface area (Å²) in [4.78, 5) is 20.6. The molecule has 5 nitrogen and oxygen atoms in total. The third kappa shape index (κ3) is 2.31. The molecule has 0 aromatic carbocycles. The summed E-state index contributed by atoms with van der Waals surface area (Å²) in [6, 6.07) is 4.17. The fraction of sp³-hybridized carbons (Fsp3) is 0.538. The maximum absolute atomic E-state index is 12.3. The number of anilines is 1. The smallest absolute Gasteiger partial charge is 0.254 e. The number of pyridine rings is 1. The first-order chi connectivity index (χ1) is 8.74. The second-order valence-electron chi connectivity index (χ2n) is 5.03. The van der Waals surface area contributed by atoms with E-state index in [4.69, 9.17) is 5.73 Å². The molecular weight excluding hydrogens is 228 g/mol. The topological polar surface area (TPSA) is 62.5 Å². The summed E-state index contributed by atoms with van der Waals surface area (Å²) in [7, 11) is 0. The van der Waals surface area contributed by atoms with Crippen LogP contribution in [0.1, 0.15) is 23.2 Å². The van der Waals surface area contributed by atoms with Gasteiger partial charge in [-0.05, 0) is 25.0 Å². The van der Waals surface area contributed by atoms with Crippen LogP contribution in [0.5, 0.6) is 0 Å². The number of piperazine rings is 1. The Labute approximate surface area is 107 Å². The summed E-state index contributed by atoms with van der Waals surface area (Å²) < 4.78 is 0. The van der Waals surface area contributed by atoms with Crippen LogP contribution >= 0.6 is 0 Å². The first kappa shape index (κ1) is 11.5. The number of carbonyl (C=O) groups excluding carboxylic acids is 1. The molecule has 1 saturated heterocycles. The van der Waals surface area contributed by atoms with Crippen LogP contribution in [0.4, 0.5) is 5.82 Å². The molecule has 1 aliphatic carbocycles. The SMILES string of the molecule is Nc1cc(C(=O)N2CCN(C3CC3)CC2)ccn1. The van der Waals surface area contributed by atoms with Crippen molar-refractivity contribution in [1.29, 1.82) is 0 Å². The number of hydrogen-bond donors (Lipinski definition) is 1. The van der Waals surface area contributed by atoms with Gasteiger partial charge in [0.05, 0.1) is 0 Å². The van der Waals surface area contributed by atoms with Crippen molar-refractivity contribution in [2.75, 3.05) is 31.9 Å². The number of nitrogens with two attached hydrogens (primary N) is 1. The van der Waals surface area contributed by atoms with Gasteiger partial charge in [0.1, 0.15) is 5.82 Å². The van der Waals surface area contributed by atoms with Crippen molar-refractivity contribution in [3.63, 3.8) is 0 Å². The Kier molecular flexibility index (Phi) is 2.91. The van der Waals surface area contributed by atoms with E-state index in [0.29, 0.717) is 11.4 Å². The number of carbonyl (C=O) groups is 1. The van der Waals surface area contributed by atoms with E-state index in [1.165, 1.54) is 12.8 Å². The minimum Gasteiger partial charge on any atom is -0.384 e. The predicted octanol–water partition coefficient (Wildman–Crippen LogP) is 0.584. The van der Waals surface area contributed by atoms with E-state index in [0.717, 1.165) is 32.2 Å². The molecule has 0 radical (unpaired) electrons. The lowest BCUT2D eigenvalue weighted by atomic mass is 10.2. The van der Waals surface area contributed by atoms with E-state index in [1.54, 1.807) is 18.3 Å². The van der Waals surface area contributed by atoms with Crippen molar-refractivity contribution in [3.05, 3.63) is 23.9 Å². The summed E-state index contributed by atoms with van der Waals surface area (Å²) in [5.41, 5.74) is 6.25. The molecule has 18 heavy (non-hydrogen) atoms. The molecule has 3 rings (SSSR count). The van der Waals surface area contributed by atoms with Gasteiger partial charge in [0.15, 0.2) is 0 Å². The Morgan fingerprint density at radius 1 is 1.28 bits per heavy atom. The zero-order valence-corrected chi connectivity index (χ0v) is 10.4. The molecule has 1 aromatic heterocycles. The minimum absolute atomic E-state index is 0.0690. The van der Waals surface area contributed by atoms with E-state index in [1.807, 2.05) is 4.90 Å². The highest BCUT2D eigenvalue weighted by Crippen LogP contribution is 2.27. The zero-order valence-electron chi connectivity index (χ0n) is 10.4. The largest absolute Gasteiger partial charge is 0.384 e. The number of amides is 1. The van der Waals surface area contributed by atoms with Gasteiger partial charge in [-0.25, -0.2) is 4.98 Å². The fourth-order valence-electron chi connectivity index (χ4n) is 2.49. The van der Waals surface area contributed by atoms with Crippen molar-refractivity contribution in [1.82, 2.24) is 14.8 Å². The summed E-state index contributed by atoms with van der Waals surface area (Å²) in [5.74, 6) is 0.469. The second-order valence-corrected chi connectivity index (χ2v) is 5.03. The summed E-state index contributed by atoms with van der Waals surface area (Å²) in [6.07, 6.45) is 4.24. The van der Waals surface area contributed by atoms with Crippen molar-refractivity contribution in [2.45, 2.75) is 18.9 Å². The highest BCUT2D eigenvalue weighted by atomic mass is 16.2. The van der Waals surface area contributed by atoms with Crippen molar-refractivity contribution < 1.29 is 4.79 Å². The summed E-state index contributed by atoms with van der Waals surface area (Å²) in [6.45, 7) is 3.63. The third-order valence-electron chi connectivity index (χ3n) is 3.69. The molecular formula is C13H18N4O. The second kappa shape index (κ2) is 4.57. The lowest BCUT2D eigenvalue weighted by Crippen LogP contribution is -2.49. The Morgan fingerprint density at radius 3 is 2.61 bits per heavy atom. The van der Waals surface area contributed by atoms with Gasteiger partial charge in [-0.2, -0.15) is 0 Å². The summed E-state index contributed by atoms with van der Waals surface area (Å²) in [5, 5.41) is 0. The van der Waals surface area contributed by atoms with Crippen molar-refractivity contribution in [3.8, 4) is 0 Å². The molecule has 0 unspecified atom stereocenters. The third-order valence-corrected chi connectivity index (χ3v) is 3.69. The van der Waals surface area contributed by atoms with E-state index in [9.17, 15) is 4.79 Å². The van der Waals surface area contributed by atoms with Gasteiger partial charge in [-0.3, -0.25) is 9.69 Å². The van der Waals surface area contributed by atoms with E-state index in [2.05, 4.69) is 9.88 Å². The molecule has 0 atom stereocenters. The molecule has 2 heterocycles. The normalized spacial score (nSPS) is 21.0. The summed E-state index contributed by atoms with van der Waals surface area (Å²) >= 11 is 0. The van der Waals surface area contributed by atoms with Crippen LogP contribution < -0.4 is 5.73 Å². The molecule has 0 spiro atoms. The van der Waals surface area contributed by atoms with Crippen LogP contribution in [0, 0.1) is 0 Å². The highest BCUT2D eigenvalue weighted by Gasteiger charge is 2.32. The average molecular weight is 246 g/mol. The first-order valence-electron chi connectivity index (χ1n) is 6.49. The number of hydrogen-bond acceptors (Lipinski definition) is 4. The quantitative estimate of drug-likeness (QED) is 0.829. The molecule has 1 amide bonds. The predicted molar refractivity (Wildman–Crippen MR) is 69.1 cm³/mol. The highest BCUT2D eigenvalue weighted by molar-refractivity contribution is 5.94. The standard InChI is InChI=1S/C13H18N4O/c14-12-9-10(3-4-15-12)13(18)17-7-5-16(6-8-17)11-1-2-11/h3-4,9,11H,1-2,5-8H2,(H2,14,15). The van der Waals surface area contributed by atoms with Crippen molar-refractivity contribution >= 4 is 11.7 Å². The van der Waals surface area contributed by atoms with E-state index < -0.39 is 0 Å². The number of aromatic nitrogens is 1. The fourth-order valence-corrected chi connectivity index (χ4v) is 2.49. The van der Waals surface area contributed by atoms with Gasteiger partial charge in [0, 0.05) is 44.0 Å². The molecule has 2 N–H and O–H groups in total. The Hall–Kier alpha value is -1.62. The lowest BCUT2D eigenvalue weighted by molar-refractivity contribution is 0.0627. The minimum atomic E-state index is 0.0690. The van der Waals surface area contributed by atoms with Crippen LogP contribution in [0.2, 0.25) is 0 Å². The maximum atomic E-state index is 12.3. The molecule has 2 aliphatic rings. The zero-order chi connectivity index (χ0) is 12.5. The number of nitrogen functional groups attached to an aromatic ring is 1. The van der Waals surface area contributed by atoms with Gasteiger partial charge < -0.3 is 10.6 Å². The molecule has 1 aromatic rings. The monoisotopic (exact) mass is 246 g/mol. The maximum Gasteiger partial charge on any atom is 0.254 e. The van der Waals surface area contributed by atoms with Crippen LogP contribution in [-0.2, 0) is 0 Å². The molecule has 5 heteroatoms. The van der Waals surface area contributed by atoms with Crippen LogP contribution in [0.3, 0.4) is 0 Å². The van der Waals surface area contributed by atoms with Gasteiger partial charge in [-0.15, -0.1) is 0 Å². The molecule has 0 bridgehead atoms. The number of rotatable bonds is 2. The van der Waals surface area contributed by atoms with Crippen LogP contribution in [0.25, 0.3) is 0 Å². The van der Waals surface area contributed by atoms with Gasteiger partial charge in [0.2, 0.25) is 0 Å². The Morgan fingerprint density at radius 2 is 2.00 bits per heavy atom. The first-order valence-corrected chi connectivity index (χ1v) is 6.49. The van der Waals surface area contributed by atoms with Crippen LogP contribution in [0.15, 0.2) is 18.3 Å². The van der Waals surface area contributed by atoms with E-state index in [-0.39, 0.29) is 5.91 Å². The van der Waals surface area contributed by atoms with Gasteiger partial charge in [0.25, 0.3) is 5.91 Å². The Bertz CT molecular complexity index is 450. The molecule has 1 saturated carbocycles. The Balaban J connectivity index is 1.63. The lowest BCUT2D eigenvalue weighted by Gasteiger charge is -2.34.